The lowest BCUT2D eigenvalue weighted by Crippen LogP contribution is -2.36. The summed E-state index contributed by atoms with van der Waals surface area (Å²) < 4.78 is 39.4. The second kappa shape index (κ2) is 6.06. The number of sulfonamides is 1. The predicted molar refractivity (Wildman–Crippen MR) is 75.8 cm³/mol. The van der Waals surface area contributed by atoms with E-state index in [-0.39, 0.29) is 16.2 Å². The molecule has 0 fully saturated rings. The molecule has 0 aromatic heterocycles. The summed E-state index contributed by atoms with van der Waals surface area (Å²) in [7, 11) is -3.89. The Balaban J connectivity index is 2.99. The van der Waals surface area contributed by atoms with Crippen LogP contribution in [0.3, 0.4) is 0 Å². The fourth-order valence-electron chi connectivity index (χ4n) is 1.23. The first kappa shape index (κ1) is 16.9. The Hall–Kier alpha value is -1.19. The van der Waals surface area contributed by atoms with Crippen molar-refractivity contribution >= 4 is 27.5 Å². The van der Waals surface area contributed by atoms with Gasteiger partial charge in [0.15, 0.2) is 0 Å². The van der Waals surface area contributed by atoms with E-state index in [1.807, 2.05) is 20.1 Å². The first-order valence-electron chi connectivity index (χ1n) is 5.58. The average molecular weight is 322 g/mol. The van der Waals surface area contributed by atoms with E-state index < -0.39 is 26.5 Å². The summed E-state index contributed by atoms with van der Waals surface area (Å²) in [6.07, 6.45) is 1.85. The number of benzene rings is 1. The molecule has 6 nitrogen and oxygen atoms in total. The number of nitro benzene ring substituents is 1. The van der Waals surface area contributed by atoms with Gasteiger partial charge in [-0.2, -0.15) is 16.2 Å². The zero-order chi connectivity index (χ0) is 15.6. The Kier molecular flexibility index (Phi) is 5.11. The molecule has 0 amide bonds. The SMILES string of the molecule is CSC(C)(C)CNS(=O)(=O)c1ccc([N+](=O)[O-])c(F)c1. The van der Waals surface area contributed by atoms with Gasteiger partial charge in [0.1, 0.15) is 0 Å². The van der Waals surface area contributed by atoms with Crippen molar-refractivity contribution in [2.24, 2.45) is 0 Å². The fourth-order valence-corrected chi connectivity index (χ4v) is 2.76. The molecule has 0 radical (unpaired) electrons. The molecule has 0 saturated carbocycles. The van der Waals surface area contributed by atoms with E-state index in [1.165, 1.54) is 11.8 Å². The third-order valence-electron chi connectivity index (χ3n) is 2.67. The highest BCUT2D eigenvalue weighted by atomic mass is 32.2. The number of thioether (sulfide) groups is 1. The van der Waals surface area contributed by atoms with Gasteiger partial charge in [-0.3, -0.25) is 10.1 Å². The van der Waals surface area contributed by atoms with Gasteiger partial charge in [-0.25, -0.2) is 13.1 Å². The number of halogens is 1. The second-order valence-electron chi connectivity index (χ2n) is 4.66. The number of nitrogens with zero attached hydrogens (tertiary/aromatic N) is 1. The minimum absolute atomic E-state index is 0.162. The minimum atomic E-state index is -3.89. The largest absolute Gasteiger partial charge is 0.304 e. The predicted octanol–water partition coefficient (Wildman–Crippen LogP) is 2.15. The summed E-state index contributed by atoms with van der Waals surface area (Å²) in [5, 5.41) is 10.5. The molecular weight excluding hydrogens is 307 g/mol. The van der Waals surface area contributed by atoms with Crippen molar-refractivity contribution in [2.75, 3.05) is 12.8 Å². The molecule has 1 rings (SSSR count). The van der Waals surface area contributed by atoms with E-state index in [2.05, 4.69) is 4.72 Å². The van der Waals surface area contributed by atoms with Gasteiger partial charge in [0.05, 0.1) is 9.82 Å². The smallest absolute Gasteiger partial charge is 0.258 e. The van der Waals surface area contributed by atoms with Gasteiger partial charge in [-0.15, -0.1) is 0 Å². The Morgan fingerprint density at radius 2 is 2.05 bits per heavy atom. The van der Waals surface area contributed by atoms with Crippen LogP contribution < -0.4 is 4.72 Å². The maximum absolute atomic E-state index is 13.4. The molecule has 1 aromatic carbocycles. The van der Waals surface area contributed by atoms with Crippen LogP contribution in [0.2, 0.25) is 0 Å². The quantitative estimate of drug-likeness (QED) is 0.640. The summed E-state index contributed by atoms with van der Waals surface area (Å²) in [5.41, 5.74) is -0.756. The van der Waals surface area contributed by atoms with Crippen LogP contribution in [0.1, 0.15) is 13.8 Å². The first-order chi connectivity index (χ1) is 9.09. The van der Waals surface area contributed by atoms with Crippen LogP contribution in [0.25, 0.3) is 0 Å². The van der Waals surface area contributed by atoms with E-state index in [1.54, 1.807) is 0 Å². The van der Waals surface area contributed by atoms with Crippen LogP contribution in [-0.4, -0.2) is 30.9 Å². The molecule has 0 heterocycles. The number of hydrogen-bond donors (Lipinski definition) is 1. The van der Waals surface area contributed by atoms with Crippen LogP contribution in [0.4, 0.5) is 10.1 Å². The van der Waals surface area contributed by atoms with Crippen LogP contribution in [0.5, 0.6) is 0 Å². The molecule has 1 N–H and O–H groups in total. The lowest BCUT2D eigenvalue weighted by molar-refractivity contribution is -0.387. The van der Waals surface area contributed by atoms with Crippen LogP contribution in [0, 0.1) is 15.9 Å². The normalized spacial score (nSPS) is 12.4. The number of nitro groups is 1. The average Bonchev–Trinajstić information content (AvgIpc) is 2.36. The molecule has 9 heteroatoms. The molecule has 0 aliphatic rings. The fraction of sp³-hybridized carbons (Fsp3) is 0.455. The van der Waals surface area contributed by atoms with Gasteiger partial charge >= 0.3 is 5.69 Å². The van der Waals surface area contributed by atoms with Crippen LogP contribution >= 0.6 is 11.8 Å². The number of nitrogens with one attached hydrogen (secondary N) is 1. The van der Waals surface area contributed by atoms with Crippen molar-refractivity contribution in [3.63, 3.8) is 0 Å². The van der Waals surface area contributed by atoms with Crippen LogP contribution in [-0.2, 0) is 10.0 Å². The van der Waals surface area contributed by atoms with Gasteiger partial charge < -0.3 is 0 Å². The molecule has 0 unspecified atom stereocenters. The van der Waals surface area contributed by atoms with Gasteiger partial charge in [-0.05, 0) is 26.2 Å². The highest BCUT2D eigenvalue weighted by Crippen LogP contribution is 2.23. The molecule has 0 atom stereocenters. The molecule has 1 aromatic rings. The molecule has 0 saturated heterocycles. The van der Waals surface area contributed by atoms with E-state index >= 15 is 0 Å². The lowest BCUT2D eigenvalue weighted by atomic mass is 10.2. The summed E-state index contributed by atoms with van der Waals surface area (Å²) in [4.78, 5) is 9.23. The molecule has 0 spiro atoms. The topological polar surface area (TPSA) is 89.3 Å². The zero-order valence-electron chi connectivity index (χ0n) is 11.2. The maximum Gasteiger partial charge on any atom is 0.304 e. The molecule has 20 heavy (non-hydrogen) atoms. The summed E-state index contributed by atoms with van der Waals surface area (Å²) in [6.45, 7) is 3.88. The Morgan fingerprint density at radius 3 is 2.50 bits per heavy atom. The van der Waals surface area contributed by atoms with Gasteiger partial charge in [0.2, 0.25) is 15.8 Å². The second-order valence-corrected chi connectivity index (χ2v) is 7.94. The van der Waals surface area contributed by atoms with E-state index in [0.717, 1.165) is 12.1 Å². The van der Waals surface area contributed by atoms with Gasteiger partial charge in [0, 0.05) is 23.4 Å². The summed E-state index contributed by atoms with van der Waals surface area (Å²) in [5.74, 6) is -1.18. The highest BCUT2D eigenvalue weighted by molar-refractivity contribution is 8.00. The minimum Gasteiger partial charge on any atom is -0.258 e. The standard InChI is InChI=1S/C11H15FN2O4S2/c1-11(2,19-3)7-13-20(17,18)8-4-5-10(14(15)16)9(12)6-8/h4-6,13H,7H2,1-3H3. The highest BCUT2D eigenvalue weighted by Gasteiger charge is 2.23. The van der Waals surface area contributed by atoms with E-state index in [4.69, 9.17) is 0 Å². The Bertz CT molecular complexity index is 617. The van der Waals surface area contributed by atoms with E-state index in [9.17, 15) is 22.9 Å². The molecule has 0 aliphatic carbocycles. The van der Waals surface area contributed by atoms with Gasteiger partial charge in [-0.1, -0.05) is 0 Å². The van der Waals surface area contributed by atoms with E-state index in [0.29, 0.717) is 6.07 Å². The molecular formula is C11H15FN2O4S2. The Morgan fingerprint density at radius 1 is 1.45 bits per heavy atom. The maximum atomic E-state index is 13.4. The number of hydrogen-bond acceptors (Lipinski definition) is 5. The van der Waals surface area contributed by atoms with Crippen molar-refractivity contribution < 1.29 is 17.7 Å². The first-order valence-corrected chi connectivity index (χ1v) is 8.28. The summed E-state index contributed by atoms with van der Waals surface area (Å²) in [6, 6.07) is 2.49. The number of rotatable bonds is 6. The van der Waals surface area contributed by atoms with Crippen molar-refractivity contribution in [2.45, 2.75) is 23.5 Å². The summed E-state index contributed by atoms with van der Waals surface area (Å²) >= 11 is 1.48. The Labute approximate surface area is 121 Å². The lowest BCUT2D eigenvalue weighted by Gasteiger charge is -2.22. The molecule has 112 valence electrons. The monoisotopic (exact) mass is 322 g/mol. The zero-order valence-corrected chi connectivity index (χ0v) is 12.8. The van der Waals surface area contributed by atoms with Crippen molar-refractivity contribution in [1.29, 1.82) is 0 Å². The third-order valence-corrected chi connectivity index (χ3v) is 5.32. The molecule has 0 aliphatic heterocycles. The van der Waals surface area contributed by atoms with Crippen molar-refractivity contribution in [3.8, 4) is 0 Å². The third kappa shape index (κ3) is 4.15. The van der Waals surface area contributed by atoms with Gasteiger partial charge in [0.25, 0.3) is 0 Å². The van der Waals surface area contributed by atoms with Crippen LogP contribution in [0.15, 0.2) is 23.1 Å². The molecule has 0 bridgehead atoms. The van der Waals surface area contributed by atoms with Crippen molar-refractivity contribution in [1.82, 2.24) is 4.72 Å². The van der Waals surface area contributed by atoms with Crippen molar-refractivity contribution in [3.05, 3.63) is 34.1 Å².